The van der Waals surface area contributed by atoms with Gasteiger partial charge in [0.2, 0.25) is 0 Å². The van der Waals surface area contributed by atoms with Crippen LogP contribution in [0.2, 0.25) is 0 Å². The third-order valence-corrected chi connectivity index (χ3v) is 12.8. The van der Waals surface area contributed by atoms with Crippen molar-refractivity contribution in [2.75, 3.05) is 0 Å². The number of rotatable bonds is 5. The number of aromatic nitrogens is 3. The van der Waals surface area contributed by atoms with Crippen LogP contribution in [0.3, 0.4) is 0 Å². The van der Waals surface area contributed by atoms with Gasteiger partial charge in [-0.3, -0.25) is 0 Å². The summed E-state index contributed by atoms with van der Waals surface area (Å²) in [4.78, 5) is 10.5. The van der Waals surface area contributed by atoms with Gasteiger partial charge in [0, 0.05) is 43.4 Å². The number of furan rings is 3. The van der Waals surface area contributed by atoms with Crippen molar-refractivity contribution in [1.82, 2.24) is 14.5 Å². The standard InChI is InChI=1S/C58H33N3O3/c1-3-13-34(14-4-1)36-26-30-50-44(33-36)56-57(64-50)55(59-58(60-56)35-15-5-2-6-16-35)41-19-11-23-51-53(41)43-32-38(27-29-49(43)63-51)37-25-28-46-42(31-37)39-17-7-9-20-45(39)61(46)47-21-12-24-52-54(47)40-18-8-10-22-48(40)62-52/h1-33H. The molecule has 64 heavy (non-hydrogen) atoms. The summed E-state index contributed by atoms with van der Waals surface area (Å²) in [6, 6.07) is 69.6. The number of benzene rings is 9. The molecule has 5 aromatic heterocycles. The second-order valence-corrected chi connectivity index (χ2v) is 16.4. The minimum Gasteiger partial charge on any atom is -0.456 e. The zero-order chi connectivity index (χ0) is 41.9. The van der Waals surface area contributed by atoms with Crippen LogP contribution in [0.5, 0.6) is 0 Å². The average Bonchev–Trinajstić information content (AvgIpc) is 4.12. The number of nitrogens with zero attached hydrogens (tertiary/aromatic N) is 3. The Morgan fingerprint density at radius 2 is 0.922 bits per heavy atom. The van der Waals surface area contributed by atoms with Crippen molar-refractivity contribution in [1.29, 1.82) is 0 Å². The average molecular weight is 820 g/mol. The van der Waals surface area contributed by atoms with E-state index < -0.39 is 0 Å². The predicted octanol–water partition coefficient (Wildman–Crippen LogP) is 15.9. The highest BCUT2D eigenvalue weighted by Gasteiger charge is 2.23. The molecule has 0 saturated heterocycles. The number of hydrogen-bond donors (Lipinski definition) is 0. The van der Waals surface area contributed by atoms with Gasteiger partial charge in [-0.25, -0.2) is 9.97 Å². The predicted molar refractivity (Wildman–Crippen MR) is 260 cm³/mol. The number of hydrogen-bond acceptors (Lipinski definition) is 5. The zero-order valence-corrected chi connectivity index (χ0v) is 34.1. The van der Waals surface area contributed by atoms with Crippen LogP contribution in [0.25, 0.3) is 138 Å². The number of fused-ring (bicyclic) bond motifs is 12. The maximum absolute atomic E-state index is 6.74. The molecule has 0 spiro atoms. The van der Waals surface area contributed by atoms with Crippen LogP contribution in [0.15, 0.2) is 213 Å². The molecule has 0 radical (unpaired) electrons. The van der Waals surface area contributed by atoms with E-state index in [4.69, 9.17) is 23.2 Å². The zero-order valence-electron chi connectivity index (χ0n) is 34.1. The monoisotopic (exact) mass is 819 g/mol. The third-order valence-electron chi connectivity index (χ3n) is 12.8. The van der Waals surface area contributed by atoms with Crippen molar-refractivity contribution in [3.05, 3.63) is 200 Å². The van der Waals surface area contributed by atoms with Crippen LogP contribution in [0.1, 0.15) is 0 Å². The van der Waals surface area contributed by atoms with Crippen LogP contribution >= 0.6 is 0 Å². The quantitative estimate of drug-likeness (QED) is 0.173. The molecule has 0 fully saturated rings. The summed E-state index contributed by atoms with van der Waals surface area (Å²) >= 11 is 0. The normalized spacial score (nSPS) is 12.1. The maximum Gasteiger partial charge on any atom is 0.180 e. The van der Waals surface area contributed by atoms with Crippen molar-refractivity contribution in [2.45, 2.75) is 0 Å². The molecule has 0 aliphatic carbocycles. The molecule has 6 nitrogen and oxygen atoms in total. The molecule has 14 rings (SSSR count). The molecular weight excluding hydrogens is 787 g/mol. The molecule has 0 bridgehead atoms. The molecule has 0 unspecified atom stereocenters. The van der Waals surface area contributed by atoms with Gasteiger partial charge in [0.25, 0.3) is 0 Å². The maximum atomic E-state index is 6.74. The van der Waals surface area contributed by atoms with Gasteiger partial charge in [0.05, 0.1) is 22.1 Å². The molecule has 9 aromatic carbocycles. The lowest BCUT2D eigenvalue weighted by Crippen LogP contribution is -1.94. The lowest BCUT2D eigenvalue weighted by molar-refractivity contribution is 0.667. The summed E-state index contributed by atoms with van der Waals surface area (Å²) in [7, 11) is 0. The van der Waals surface area contributed by atoms with Gasteiger partial charge in [-0.1, -0.05) is 133 Å². The van der Waals surface area contributed by atoms with E-state index in [1.807, 2.05) is 54.6 Å². The highest BCUT2D eigenvalue weighted by molar-refractivity contribution is 6.18. The molecule has 0 N–H and O–H groups in total. The van der Waals surface area contributed by atoms with Crippen molar-refractivity contribution < 1.29 is 13.3 Å². The van der Waals surface area contributed by atoms with Crippen molar-refractivity contribution >= 4 is 87.8 Å². The molecule has 0 aliphatic heterocycles. The minimum atomic E-state index is 0.631. The van der Waals surface area contributed by atoms with E-state index in [9.17, 15) is 0 Å². The van der Waals surface area contributed by atoms with Gasteiger partial charge in [-0.05, 0) is 89.0 Å². The van der Waals surface area contributed by atoms with Gasteiger partial charge in [-0.15, -0.1) is 0 Å². The van der Waals surface area contributed by atoms with Crippen LogP contribution in [-0.4, -0.2) is 14.5 Å². The molecule has 14 aromatic rings. The van der Waals surface area contributed by atoms with Crippen LogP contribution in [-0.2, 0) is 0 Å². The Hall–Kier alpha value is -8.74. The van der Waals surface area contributed by atoms with E-state index in [1.54, 1.807) is 0 Å². The molecule has 298 valence electrons. The Balaban J connectivity index is 0.968. The lowest BCUT2D eigenvalue weighted by Gasteiger charge is -2.10. The van der Waals surface area contributed by atoms with Gasteiger partial charge < -0.3 is 17.8 Å². The van der Waals surface area contributed by atoms with E-state index in [0.29, 0.717) is 11.4 Å². The summed E-state index contributed by atoms with van der Waals surface area (Å²) in [5, 5.41) is 7.48. The Bertz CT molecular complexity index is 4190. The molecular formula is C58H33N3O3. The largest absolute Gasteiger partial charge is 0.456 e. The van der Waals surface area contributed by atoms with Crippen molar-refractivity contribution in [2.24, 2.45) is 0 Å². The van der Waals surface area contributed by atoms with E-state index in [0.717, 1.165) is 116 Å². The molecule has 6 heteroatoms. The highest BCUT2D eigenvalue weighted by atomic mass is 16.3. The van der Waals surface area contributed by atoms with E-state index in [1.165, 1.54) is 10.8 Å². The Labute approximate surface area is 364 Å². The van der Waals surface area contributed by atoms with E-state index >= 15 is 0 Å². The first kappa shape index (κ1) is 34.9. The molecule has 0 aliphatic rings. The SMILES string of the molecule is c1ccc(-c2ccc3oc4c(-c5cccc6oc7ccc(-c8ccc9c(c8)c8ccccc8n9-c8cccc9oc%10ccccc%10c89)cc7c56)nc(-c5ccccc5)nc4c3c2)cc1. The fourth-order valence-corrected chi connectivity index (χ4v) is 9.91. The fraction of sp³-hybridized carbons (Fsp3) is 0. The summed E-state index contributed by atoms with van der Waals surface area (Å²) in [6.07, 6.45) is 0. The summed E-state index contributed by atoms with van der Waals surface area (Å²) in [5.41, 5.74) is 15.8. The second-order valence-electron chi connectivity index (χ2n) is 16.4. The summed E-state index contributed by atoms with van der Waals surface area (Å²) in [5.74, 6) is 0.631. The van der Waals surface area contributed by atoms with Gasteiger partial charge in [0.1, 0.15) is 39.1 Å². The van der Waals surface area contributed by atoms with Crippen LogP contribution < -0.4 is 0 Å². The summed E-state index contributed by atoms with van der Waals surface area (Å²) in [6.45, 7) is 0. The van der Waals surface area contributed by atoms with Crippen LogP contribution in [0, 0.1) is 0 Å². The first-order valence-electron chi connectivity index (χ1n) is 21.5. The fourth-order valence-electron chi connectivity index (χ4n) is 9.91. The number of para-hydroxylation sites is 2. The molecule has 0 amide bonds. The third kappa shape index (κ3) is 5.14. The van der Waals surface area contributed by atoms with Gasteiger partial charge >= 0.3 is 0 Å². The second kappa shape index (κ2) is 13.4. The van der Waals surface area contributed by atoms with Crippen LogP contribution in [0.4, 0.5) is 0 Å². The van der Waals surface area contributed by atoms with Crippen molar-refractivity contribution in [3.8, 4) is 50.6 Å². The summed E-state index contributed by atoms with van der Waals surface area (Å²) < 4.78 is 22.1. The molecule has 5 heterocycles. The lowest BCUT2D eigenvalue weighted by atomic mass is 9.98. The van der Waals surface area contributed by atoms with E-state index in [2.05, 4.69) is 150 Å². The van der Waals surface area contributed by atoms with Gasteiger partial charge in [-0.2, -0.15) is 0 Å². The first-order chi connectivity index (χ1) is 31.7. The Kier molecular flexibility index (Phi) is 7.30. The molecule has 0 atom stereocenters. The van der Waals surface area contributed by atoms with Gasteiger partial charge in [0.15, 0.2) is 11.4 Å². The topological polar surface area (TPSA) is 70.1 Å². The first-order valence-corrected chi connectivity index (χ1v) is 21.5. The Morgan fingerprint density at radius 3 is 1.73 bits per heavy atom. The highest BCUT2D eigenvalue weighted by Crippen LogP contribution is 2.44. The smallest absolute Gasteiger partial charge is 0.180 e. The minimum absolute atomic E-state index is 0.631. The molecule has 0 saturated carbocycles. The van der Waals surface area contributed by atoms with Crippen molar-refractivity contribution in [3.63, 3.8) is 0 Å². The van der Waals surface area contributed by atoms with E-state index in [-0.39, 0.29) is 0 Å². The Morgan fingerprint density at radius 1 is 0.344 bits per heavy atom.